The van der Waals surface area contributed by atoms with E-state index >= 15 is 0 Å². The second-order valence-corrected chi connectivity index (χ2v) is 6.37. The smallest absolute Gasteiger partial charge is 0.290 e. The van der Waals surface area contributed by atoms with Crippen molar-refractivity contribution in [2.24, 2.45) is 10.7 Å². The molecule has 0 saturated heterocycles. The average Bonchev–Trinajstić information content (AvgIpc) is 3.19. The molecule has 30 heavy (non-hydrogen) atoms. The van der Waals surface area contributed by atoms with E-state index < -0.39 is 5.54 Å². The van der Waals surface area contributed by atoms with Gasteiger partial charge in [-0.15, -0.1) is 0 Å². The third kappa shape index (κ3) is 4.38. The van der Waals surface area contributed by atoms with Gasteiger partial charge in [0, 0.05) is 18.0 Å². The molecule has 1 atom stereocenters. The molecule has 3 N–H and O–H groups in total. The molecule has 2 aromatic carbocycles. The van der Waals surface area contributed by atoms with E-state index in [2.05, 4.69) is 21.0 Å². The highest BCUT2D eigenvalue weighted by Gasteiger charge is 2.40. The lowest BCUT2D eigenvalue weighted by molar-refractivity contribution is -0.122. The zero-order valence-corrected chi connectivity index (χ0v) is 16.4. The van der Waals surface area contributed by atoms with Crippen LogP contribution in [0.1, 0.15) is 18.1 Å². The molecule has 2 heterocycles. The number of nitrogens with zero attached hydrogens (tertiary/aromatic N) is 3. The largest absolute Gasteiger partial charge is 0.494 e. The number of amidine groups is 1. The van der Waals surface area contributed by atoms with Crippen molar-refractivity contribution in [3.05, 3.63) is 78.4 Å². The highest BCUT2D eigenvalue weighted by Crippen LogP contribution is 2.39. The van der Waals surface area contributed by atoms with Crippen LogP contribution in [0.25, 0.3) is 11.1 Å². The van der Waals surface area contributed by atoms with E-state index in [1.165, 1.54) is 6.33 Å². The van der Waals surface area contributed by atoms with Crippen LogP contribution in [-0.2, 0) is 15.1 Å². The zero-order valence-electron chi connectivity index (χ0n) is 16.4. The Morgan fingerprint density at radius 3 is 2.43 bits per heavy atom. The second kappa shape index (κ2) is 9.51. The Morgan fingerprint density at radius 2 is 1.83 bits per heavy atom. The van der Waals surface area contributed by atoms with Crippen molar-refractivity contribution in [1.29, 1.82) is 0 Å². The van der Waals surface area contributed by atoms with Gasteiger partial charge >= 0.3 is 0 Å². The van der Waals surface area contributed by atoms with Crippen LogP contribution in [0.5, 0.6) is 5.75 Å². The fraction of sp³-hybridized carbons (Fsp3) is 0.182. The van der Waals surface area contributed by atoms with Crippen molar-refractivity contribution in [2.75, 3.05) is 13.2 Å². The molecule has 154 valence electrons. The summed E-state index contributed by atoms with van der Waals surface area (Å²) in [6.07, 6.45) is 5.10. The Labute approximate surface area is 174 Å². The molecular weight excluding hydrogens is 384 g/mol. The number of rotatable bonds is 5. The number of nitrogens with two attached hydrogens (primary N) is 1. The third-order valence-electron chi connectivity index (χ3n) is 4.61. The molecular formula is C22H22N4O4. The topological polar surface area (TPSA) is 120 Å². The van der Waals surface area contributed by atoms with Crippen molar-refractivity contribution in [1.82, 2.24) is 9.97 Å². The van der Waals surface area contributed by atoms with E-state index in [-0.39, 0.29) is 12.5 Å². The van der Waals surface area contributed by atoms with Crippen molar-refractivity contribution < 1.29 is 19.4 Å². The Bertz CT molecular complexity index is 1010. The van der Waals surface area contributed by atoms with Gasteiger partial charge in [-0.1, -0.05) is 30.3 Å². The van der Waals surface area contributed by atoms with Crippen LogP contribution >= 0.6 is 0 Å². The molecule has 3 aromatic rings. The molecule has 0 spiro atoms. The van der Waals surface area contributed by atoms with Crippen LogP contribution in [0.15, 0.2) is 72.2 Å². The number of benzene rings is 2. The van der Waals surface area contributed by atoms with E-state index in [1.54, 1.807) is 12.4 Å². The van der Waals surface area contributed by atoms with Crippen LogP contribution in [0, 0.1) is 0 Å². The van der Waals surface area contributed by atoms with E-state index in [0.717, 1.165) is 28.0 Å². The fourth-order valence-electron chi connectivity index (χ4n) is 3.29. The molecule has 1 unspecified atom stereocenters. The first-order chi connectivity index (χ1) is 14.6. The lowest BCUT2D eigenvalue weighted by atomic mass is 9.83. The first-order valence-electron chi connectivity index (χ1n) is 9.28. The van der Waals surface area contributed by atoms with E-state index in [4.69, 9.17) is 25.1 Å². The van der Waals surface area contributed by atoms with Gasteiger partial charge in [-0.25, -0.2) is 15.0 Å². The summed E-state index contributed by atoms with van der Waals surface area (Å²) in [7, 11) is 0. The minimum absolute atomic E-state index is 0.192. The van der Waals surface area contributed by atoms with Gasteiger partial charge in [0.15, 0.2) is 5.54 Å². The molecule has 0 saturated carbocycles. The first kappa shape index (κ1) is 20.8. The van der Waals surface area contributed by atoms with Crippen LogP contribution in [0.2, 0.25) is 0 Å². The Balaban J connectivity index is 0.000000806. The normalized spacial score (nSPS) is 17.2. The maximum Gasteiger partial charge on any atom is 0.290 e. The van der Waals surface area contributed by atoms with Crippen molar-refractivity contribution in [3.63, 3.8) is 0 Å². The van der Waals surface area contributed by atoms with Crippen molar-refractivity contribution >= 4 is 12.5 Å². The minimum Gasteiger partial charge on any atom is -0.494 e. The second-order valence-electron chi connectivity index (χ2n) is 6.37. The highest BCUT2D eigenvalue weighted by atomic mass is 16.5. The number of aliphatic imine (C=N–C) groups is 1. The fourth-order valence-corrected chi connectivity index (χ4v) is 3.29. The molecule has 0 aliphatic carbocycles. The number of carboxylic acid groups (broad SMARTS) is 1. The SMILES string of the molecule is CCOc1ccc(C2(c3cccc(-c4cncnc4)c3)COC(N)=N2)cc1.O=CO. The van der Waals surface area contributed by atoms with Gasteiger partial charge < -0.3 is 20.3 Å². The lowest BCUT2D eigenvalue weighted by Crippen LogP contribution is -2.27. The summed E-state index contributed by atoms with van der Waals surface area (Å²) in [5.41, 5.74) is 9.14. The first-order valence-corrected chi connectivity index (χ1v) is 9.28. The molecule has 8 heteroatoms. The highest BCUT2D eigenvalue weighted by molar-refractivity contribution is 5.75. The van der Waals surface area contributed by atoms with Gasteiger partial charge in [-0.05, 0) is 41.8 Å². The molecule has 8 nitrogen and oxygen atoms in total. The van der Waals surface area contributed by atoms with E-state index in [1.807, 2.05) is 49.4 Å². The molecule has 0 radical (unpaired) electrons. The van der Waals surface area contributed by atoms with Gasteiger partial charge in [0.1, 0.15) is 18.7 Å². The molecule has 4 rings (SSSR count). The summed E-state index contributed by atoms with van der Waals surface area (Å²) in [4.78, 5) is 21.2. The van der Waals surface area contributed by atoms with E-state index in [9.17, 15) is 0 Å². The molecule has 1 aliphatic rings. The van der Waals surface area contributed by atoms with Gasteiger partial charge in [0.25, 0.3) is 12.5 Å². The summed E-state index contributed by atoms with van der Waals surface area (Å²) >= 11 is 0. The summed E-state index contributed by atoms with van der Waals surface area (Å²) < 4.78 is 11.1. The van der Waals surface area contributed by atoms with Gasteiger partial charge in [0.05, 0.1) is 6.61 Å². The monoisotopic (exact) mass is 406 g/mol. The predicted molar refractivity (Wildman–Crippen MR) is 112 cm³/mol. The van der Waals surface area contributed by atoms with Crippen molar-refractivity contribution in [2.45, 2.75) is 12.5 Å². The molecule has 1 aliphatic heterocycles. The number of carbonyl (C=O) groups is 1. The van der Waals surface area contributed by atoms with Crippen molar-refractivity contribution in [3.8, 4) is 16.9 Å². The van der Waals surface area contributed by atoms with Gasteiger partial charge in [-0.3, -0.25) is 4.79 Å². The van der Waals surface area contributed by atoms with Crippen LogP contribution < -0.4 is 10.5 Å². The number of aromatic nitrogens is 2. The molecule has 0 bridgehead atoms. The van der Waals surface area contributed by atoms with E-state index in [0.29, 0.717) is 13.2 Å². The Morgan fingerprint density at radius 1 is 1.13 bits per heavy atom. The maximum atomic E-state index is 8.36. The summed E-state index contributed by atoms with van der Waals surface area (Å²) in [6.45, 7) is 2.69. The number of hydrogen-bond acceptors (Lipinski definition) is 7. The van der Waals surface area contributed by atoms with Crippen LogP contribution in [0.4, 0.5) is 0 Å². The van der Waals surface area contributed by atoms with Gasteiger partial charge in [-0.2, -0.15) is 0 Å². The molecule has 0 fully saturated rings. The number of hydrogen-bond donors (Lipinski definition) is 2. The van der Waals surface area contributed by atoms with Gasteiger partial charge in [0.2, 0.25) is 0 Å². The van der Waals surface area contributed by atoms with Crippen LogP contribution in [-0.4, -0.2) is 40.8 Å². The number of ether oxygens (including phenoxy) is 2. The Kier molecular flexibility index (Phi) is 6.59. The lowest BCUT2D eigenvalue weighted by Gasteiger charge is -2.26. The zero-order chi connectivity index (χ0) is 21.4. The molecule has 1 aromatic heterocycles. The summed E-state index contributed by atoms with van der Waals surface area (Å²) in [5.74, 6) is 0.822. The predicted octanol–water partition coefficient (Wildman–Crippen LogP) is 2.83. The quantitative estimate of drug-likeness (QED) is 0.625. The minimum atomic E-state index is -0.694. The summed E-state index contributed by atoms with van der Waals surface area (Å²) in [5, 5.41) is 6.89. The maximum absolute atomic E-state index is 8.36. The average molecular weight is 406 g/mol. The summed E-state index contributed by atoms with van der Waals surface area (Å²) in [6, 6.07) is 16.2. The molecule has 0 amide bonds. The Hall–Kier alpha value is -3.94. The third-order valence-corrected chi connectivity index (χ3v) is 4.61. The standard InChI is InChI=1S/C21H20N4O2.CH2O2/c1-2-26-19-8-6-17(7-9-19)21(13-27-20(22)25-21)18-5-3-4-15(10-18)16-11-23-14-24-12-16;2-1-3/h3-12,14H,2,13H2,1H3,(H2,22,25);1H,(H,2,3). The van der Waals surface area contributed by atoms with Crippen LogP contribution in [0.3, 0.4) is 0 Å².